The lowest BCUT2D eigenvalue weighted by atomic mass is 10.1. The van der Waals surface area contributed by atoms with Gasteiger partial charge in [0.05, 0.1) is 19.0 Å². The molecule has 1 heterocycles. The number of hydrogen-bond acceptors (Lipinski definition) is 4. The Hall–Kier alpha value is -2.23. The van der Waals surface area contributed by atoms with Crippen molar-refractivity contribution in [2.45, 2.75) is 0 Å². The Morgan fingerprint density at radius 3 is 2.94 bits per heavy atom. The van der Waals surface area contributed by atoms with E-state index in [1.54, 1.807) is 13.2 Å². The molecule has 0 bridgehead atoms. The Kier molecular flexibility index (Phi) is 2.91. The number of carbonyl (C=O) groups excluding carboxylic acids is 1. The Morgan fingerprint density at radius 2 is 2.19 bits per heavy atom. The van der Waals surface area contributed by atoms with Crippen LogP contribution >= 0.6 is 0 Å². The largest absolute Gasteiger partial charge is 0.497 e. The third-order valence-corrected chi connectivity index (χ3v) is 2.18. The van der Waals surface area contributed by atoms with Gasteiger partial charge in [-0.1, -0.05) is 12.1 Å². The third-order valence-electron chi connectivity index (χ3n) is 2.18. The van der Waals surface area contributed by atoms with Crippen molar-refractivity contribution < 1.29 is 9.53 Å². The first-order valence-corrected chi connectivity index (χ1v) is 4.76. The lowest BCUT2D eigenvalue weighted by molar-refractivity contribution is 0.112. The number of ether oxygens (including phenoxy) is 1. The molecule has 0 spiro atoms. The van der Waals surface area contributed by atoms with E-state index in [0.29, 0.717) is 11.3 Å². The molecule has 2 aromatic rings. The molecule has 0 amide bonds. The van der Waals surface area contributed by atoms with Crippen molar-refractivity contribution >= 4 is 6.29 Å². The highest BCUT2D eigenvalue weighted by Crippen LogP contribution is 2.21. The Bertz CT molecular complexity index is 512. The summed E-state index contributed by atoms with van der Waals surface area (Å²) in [6, 6.07) is 9.14. The summed E-state index contributed by atoms with van der Waals surface area (Å²) in [6.45, 7) is 0. The first-order chi connectivity index (χ1) is 7.83. The summed E-state index contributed by atoms with van der Waals surface area (Å²) in [7, 11) is 1.60. The van der Waals surface area contributed by atoms with Gasteiger partial charge in [0, 0.05) is 11.1 Å². The van der Waals surface area contributed by atoms with E-state index in [9.17, 15) is 4.79 Å². The highest BCUT2D eigenvalue weighted by Gasteiger charge is 2.02. The van der Waals surface area contributed by atoms with Gasteiger partial charge >= 0.3 is 0 Å². The van der Waals surface area contributed by atoms with E-state index >= 15 is 0 Å². The molecule has 16 heavy (non-hydrogen) atoms. The van der Waals surface area contributed by atoms with Crippen LogP contribution in [0, 0.1) is 0 Å². The predicted octanol–water partition coefficient (Wildman–Crippen LogP) is 1.96. The fraction of sp³-hybridized carbons (Fsp3) is 0.0833. The fourth-order valence-electron chi connectivity index (χ4n) is 1.37. The van der Waals surface area contributed by atoms with Crippen LogP contribution in [0.15, 0.2) is 36.5 Å². The Labute approximate surface area is 92.9 Å². The highest BCUT2D eigenvalue weighted by atomic mass is 16.5. The van der Waals surface area contributed by atoms with Gasteiger partial charge in [0.2, 0.25) is 0 Å². The van der Waals surface area contributed by atoms with Gasteiger partial charge in [0.1, 0.15) is 5.75 Å². The molecule has 4 nitrogen and oxygen atoms in total. The van der Waals surface area contributed by atoms with Crippen molar-refractivity contribution in [2.75, 3.05) is 7.11 Å². The topological polar surface area (TPSA) is 52.1 Å². The van der Waals surface area contributed by atoms with Crippen LogP contribution in [0.25, 0.3) is 11.3 Å². The maximum atomic E-state index is 10.6. The monoisotopic (exact) mass is 214 g/mol. The van der Waals surface area contributed by atoms with Crippen molar-refractivity contribution in [1.29, 1.82) is 0 Å². The minimum absolute atomic E-state index is 0.507. The quantitative estimate of drug-likeness (QED) is 0.733. The van der Waals surface area contributed by atoms with Crippen LogP contribution in [0.2, 0.25) is 0 Å². The van der Waals surface area contributed by atoms with Crippen molar-refractivity contribution in [3.05, 3.63) is 42.1 Å². The van der Waals surface area contributed by atoms with Crippen LogP contribution < -0.4 is 4.74 Å². The predicted molar refractivity (Wildman–Crippen MR) is 59.4 cm³/mol. The Balaban J connectivity index is 2.45. The number of aromatic nitrogens is 2. The summed E-state index contributed by atoms with van der Waals surface area (Å²) in [6.07, 6.45) is 2.18. The maximum absolute atomic E-state index is 10.6. The molecule has 0 saturated heterocycles. The number of benzene rings is 1. The number of hydrogen-bond donors (Lipinski definition) is 0. The van der Waals surface area contributed by atoms with Crippen LogP contribution in [-0.2, 0) is 0 Å². The SMILES string of the molecule is COc1cccc(-c2cc(C=O)cnn2)c1. The number of carbonyl (C=O) groups is 1. The normalized spacial score (nSPS) is 9.81. The maximum Gasteiger partial charge on any atom is 0.151 e. The molecule has 1 aromatic carbocycles. The van der Waals surface area contributed by atoms with Crippen LogP contribution in [0.1, 0.15) is 10.4 Å². The van der Waals surface area contributed by atoms with Gasteiger partial charge in [0.25, 0.3) is 0 Å². The Morgan fingerprint density at radius 1 is 1.31 bits per heavy atom. The van der Waals surface area contributed by atoms with E-state index in [2.05, 4.69) is 10.2 Å². The molecule has 0 radical (unpaired) electrons. The summed E-state index contributed by atoms with van der Waals surface area (Å²) in [5.74, 6) is 0.746. The first-order valence-electron chi connectivity index (χ1n) is 4.76. The minimum Gasteiger partial charge on any atom is -0.497 e. The van der Waals surface area contributed by atoms with Crippen LogP contribution in [0.4, 0.5) is 0 Å². The lowest BCUT2D eigenvalue weighted by Gasteiger charge is -2.03. The molecule has 80 valence electrons. The van der Waals surface area contributed by atoms with E-state index in [4.69, 9.17) is 4.74 Å². The molecule has 0 aliphatic heterocycles. The average Bonchev–Trinajstić information content (AvgIpc) is 2.39. The van der Waals surface area contributed by atoms with E-state index in [0.717, 1.165) is 17.6 Å². The zero-order chi connectivity index (χ0) is 11.4. The second kappa shape index (κ2) is 4.53. The number of nitrogens with zero attached hydrogens (tertiary/aromatic N) is 2. The highest BCUT2D eigenvalue weighted by molar-refractivity contribution is 5.76. The summed E-state index contributed by atoms with van der Waals surface area (Å²) in [5.41, 5.74) is 2.03. The average molecular weight is 214 g/mol. The van der Waals surface area contributed by atoms with Gasteiger partial charge in [-0.2, -0.15) is 10.2 Å². The number of aldehydes is 1. The third kappa shape index (κ3) is 2.06. The second-order valence-corrected chi connectivity index (χ2v) is 3.22. The summed E-state index contributed by atoms with van der Waals surface area (Å²) in [5, 5.41) is 7.73. The first kappa shape index (κ1) is 10.3. The van der Waals surface area contributed by atoms with Gasteiger partial charge in [-0.15, -0.1) is 0 Å². The number of methoxy groups -OCH3 is 1. The van der Waals surface area contributed by atoms with E-state index in [1.807, 2.05) is 24.3 Å². The van der Waals surface area contributed by atoms with Crippen molar-refractivity contribution in [3.8, 4) is 17.0 Å². The molecule has 0 saturated carbocycles. The van der Waals surface area contributed by atoms with Gasteiger partial charge in [-0.05, 0) is 18.2 Å². The molecule has 0 fully saturated rings. The van der Waals surface area contributed by atoms with Gasteiger partial charge in [-0.3, -0.25) is 4.79 Å². The van der Waals surface area contributed by atoms with Crippen molar-refractivity contribution in [3.63, 3.8) is 0 Å². The smallest absolute Gasteiger partial charge is 0.151 e. The van der Waals surface area contributed by atoms with Crippen molar-refractivity contribution in [1.82, 2.24) is 10.2 Å². The molecule has 0 aliphatic rings. The van der Waals surface area contributed by atoms with Gasteiger partial charge in [-0.25, -0.2) is 0 Å². The van der Waals surface area contributed by atoms with E-state index in [-0.39, 0.29) is 0 Å². The van der Waals surface area contributed by atoms with Crippen LogP contribution in [0.5, 0.6) is 5.75 Å². The van der Waals surface area contributed by atoms with Crippen LogP contribution in [-0.4, -0.2) is 23.6 Å². The zero-order valence-electron chi connectivity index (χ0n) is 8.75. The summed E-state index contributed by atoms with van der Waals surface area (Å²) >= 11 is 0. The van der Waals surface area contributed by atoms with Gasteiger partial charge in [0.15, 0.2) is 6.29 Å². The second-order valence-electron chi connectivity index (χ2n) is 3.22. The molecular weight excluding hydrogens is 204 g/mol. The number of rotatable bonds is 3. The molecule has 0 aliphatic carbocycles. The molecular formula is C12H10N2O2. The fourth-order valence-corrected chi connectivity index (χ4v) is 1.37. The minimum atomic E-state index is 0.507. The summed E-state index contributed by atoms with van der Waals surface area (Å²) in [4.78, 5) is 10.6. The van der Waals surface area contributed by atoms with Crippen LogP contribution in [0.3, 0.4) is 0 Å². The molecule has 2 rings (SSSR count). The zero-order valence-corrected chi connectivity index (χ0v) is 8.75. The summed E-state index contributed by atoms with van der Waals surface area (Å²) < 4.78 is 5.12. The van der Waals surface area contributed by atoms with Gasteiger partial charge < -0.3 is 4.74 Å². The van der Waals surface area contributed by atoms with E-state index < -0.39 is 0 Å². The molecule has 0 unspecified atom stereocenters. The lowest BCUT2D eigenvalue weighted by Crippen LogP contribution is -1.91. The molecule has 0 N–H and O–H groups in total. The van der Waals surface area contributed by atoms with Crippen molar-refractivity contribution in [2.24, 2.45) is 0 Å². The standard InChI is InChI=1S/C12H10N2O2/c1-16-11-4-2-3-10(6-11)12-5-9(8-15)7-13-14-12/h2-8H,1H3. The van der Waals surface area contributed by atoms with E-state index in [1.165, 1.54) is 6.20 Å². The molecule has 4 heteroatoms. The molecule has 1 aromatic heterocycles. The molecule has 0 atom stereocenters.